The zero-order valence-electron chi connectivity index (χ0n) is 14.8. The Morgan fingerprint density at radius 2 is 2.25 bits per heavy atom. The monoisotopic (exact) mass is 379 g/mol. The highest BCUT2D eigenvalue weighted by Crippen LogP contribution is 2.23. The first-order valence-corrected chi connectivity index (χ1v) is 8.93. The van der Waals surface area contributed by atoms with Crippen molar-refractivity contribution >= 4 is 17.1 Å². The van der Waals surface area contributed by atoms with Crippen LogP contribution in [0, 0.1) is 0 Å². The van der Waals surface area contributed by atoms with E-state index in [1.165, 1.54) is 5.57 Å². The van der Waals surface area contributed by atoms with Crippen LogP contribution < -0.4 is 10.7 Å². The van der Waals surface area contributed by atoms with Crippen molar-refractivity contribution in [3.05, 3.63) is 52.7 Å². The highest BCUT2D eigenvalue weighted by Gasteiger charge is 2.25. The molecule has 0 bridgehead atoms. The molecule has 0 radical (unpaired) electrons. The highest BCUT2D eigenvalue weighted by atomic mass is 16.5. The molecule has 3 aromatic rings. The third-order valence-electron chi connectivity index (χ3n) is 4.61. The van der Waals surface area contributed by atoms with Gasteiger partial charge in [-0.15, -0.1) is 5.10 Å². The number of aromatic amines is 2. The summed E-state index contributed by atoms with van der Waals surface area (Å²) in [5.41, 5.74) is 2.41. The lowest BCUT2D eigenvalue weighted by molar-refractivity contribution is 0.105. The minimum Gasteiger partial charge on any atom is -0.384 e. The summed E-state index contributed by atoms with van der Waals surface area (Å²) < 4.78 is 10.6. The van der Waals surface area contributed by atoms with Crippen molar-refractivity contribution in [3.8, 4) is 11.7 Å². The molecule has 1 unspecified atom stereocenters. The normalized spacial score (nSPS) is 21.1. The smallest absolute Gasteiger partial charge is 0.384 e. The number of hydrogen-bond donors (Lipinski definition) is 2. The van der Waals surface area contributed by atoms with Crippen molar-refractivity contribution in [3.63, 3.8) is 0 Å². The van der Waals surface area contributed by atoms with E-state index < -0.39 is 5.76 Å². The molecule has 28 heavy (non-hydrogen) atoms. The van der Waals surface area contributed by atoms with Gasteiger partial charge in [0.25, 0.3) is 5.89 Å². The predicted octanol–water partition coefficient (Wildman–Crippen LogP) is 1.34. The van der Waals surface area contributed by atoms with Crippen LogP contribution in [0.15, 0.2) is 51.4 Å². The van der Waals surface area contributed by atoms with Crippen molar-refractivity contribution < 1.29 is 9.15 Å². The number of nitrogens with one attached hydrogen (secondary N) is 2. The van der Waals surface area contributed by atoms with Crippen molar-refractivity contribution in [2.45, 2.75) is 12.5 Å². The number of fused-ring (bicyclic) bond motifs is 1. The topological polar surface area (TPSA) is 126 Å². The lowest BCUT2D eigenvalue weighted by Crippen LogP contribution is -2.45. The molecule has 0 amide bonds. The van der Waals surface area contributed by atoms with Gasteiger partial charge in [-0.05, 0) is 12.0 Å². The molecule has 2 aliphatic rings. The van der Waals surface area contributed by atoms with Crippen LogP contribution in [0.25, 0.3) is 22.9 Å². The van der Waals surface area contributed by atoms with E-state index in [0.29, 0.717) is 36.9 Å². The second-order valence-electron chi connectivity index (χ2n) is 6.48. The summed E-state index contributed by atoms with van der Waals surface area (Å²) >= 11 is 0. The average Bonchev–Trinajstić information content (AvgIpc) is 3.34. The van der Waals surface area contributed by atoms with Crippen molar-refractivity contribution in [2.75, 3.05) is 24.7 Å². The molecule has 1 atom stereocenters. The van der Waals surface area contributed by atoms with Gasteiger partial charge in [0.1, 0.15) is 5.52 Å². The van der Waals surface area contributed by atoms with Gasteiger partial charge in [-0.25, -0.2) is 19.9 Å². The summed E-state index contributed by atoms with van der Waals surface area (Å²) in [5.74, 6) is 0.272. The maximum absolute atomic E-state index is 11.1. The molecule has 0 aromatic carbocycles. The first-order valence-electron chi connectivity index (χ1n) is 8.93. The Bertz CT molecular complexity index is 1150. The van der Waals surface area contributed by atoms with Gasteiger partial charge in [0, 0.05) is 6.54 Å². The van der Waals surface area contributed by atoms with Crippen LogP contribution in [-0.4, -0.2) is 55.9 Å². The summed E-state index contributed by atoms with van der Waals surface area (Å²) in [6.45, 7) is 1.93. The molecule has 1 aliphatic heterocycles. The first kappa shape index (κ1) is 16.6. The lowest BCUT2D eigenvalue weighted by Gasteiger charge is -2.34. The van der Waals surface area contributed by atoms with E-state index in [1.54, 1.807) is 6.20 Å². The molecular formula is C18H17N7O3. The van der Waals surface area contributed by atoms with Gasteiger partial charge in [0.2, 0.25) is 11.8 Å². The predicted molar refractivity (Wildman–Crippen MR) is 101 cm³/mol. The molecule has 142 valence electrons. The lowest BCUT2D eigenvalue weighted by atomic mass is 10.0. The number of nitrogens with zero attached hydrogens (tertiary/aromatic N) is 5. The minimum atomic E-state index is -0.655. The Morgan fingerprint density at radius 3 is 3.07 bits per heavy atom. The molecule has 5 rings (SSSR count). The standard InChI is InChI=1S/C18H17N7O3/c26-18-24-23-16(28-18)15-19-9-13-14(21-15)22-17(20-13)25-6-7-27-10-12(25)8-11-4-2-1-3-5-11/h1-4,8-9,12H,5-7,10H2,(H,24,26)(H,19,20,21,22). The number of aromatic nitrogens is 6. The second kappa shape index (κ2) is 6.89. The maximum Gasteiger partial charge on any atom is 0.434 e. The van der Waals surface area contributed by atoms with Crippen LogP contribution in [-0.2, 0) is 4.74 Å². The van der Waals surface area contributed by atoms with Crippen molar-refractivity contribution in [1.82, 2.24) is 30.1 Å². The summed E-state index contributed by atoms with van der Waals surface area (Å²) in [5, 5.41) is 5.95. The fourth-order valence-electron chi connectivity index (χ4n) is 3.28. The largest absolute Gasteiger partial charge is 0.434 e. The third kappa shape index (κ3) is 3.14. The fraction of sp³-hybridized carbons (Fsp3) is 0.278. The third-order valence-corrected chi connectivity index (χ3v) is 4.61. The van der Waals surface area contributed by atoms with E-state index in [2.05, 4.69) is 53.3 Å². The van der Waals surface area contributed by atoms with E-state index >= 15 is 0 Å². The van der Waals surface area contributed by atoms with E-state index in [4.69, 9.17) is 9.15 Å². The van der Waals surface area contributed by atoms with Crippen LogP contribution in [0.2, 0.25) is 0 Å². The molecule has 3 aromatic heterocycles. The first-order chi connectivity index (χ1) is 13.8. The second-order valence-corrected chi connectivity index (χ2v) is 6.48. The van der Waals surface area contributed by atoms with Gasteiger partial charge < -0.3 is 19.0 Å². The Balaban J connectivity index is 1.47. The molecule has 1 fully saturated rings. The minimum absolute atomic E-state index is 0.0302. The Kier molecular flexibility index (Phi) is 4.09. The average molecular weight is 379 g/mol. The SMILES string of the molecule is O=c1[nH]nc(-c2ncc3[nH]c(N4CCOCC4C=C4C=CC=CC4)nc3n2)o1. The molecule has 0 saturated carbocycles. The van der Waals surface area contributed by atoms with Crippen molar-refractivity contribution in [1.29, 1.82) is 0 Å². The Labute approximate surface area is 158 Å². The van der Waals surface area contributed by atoms with E-state index in [-0.39, 0.29) is 17.8 Å². The molecule has 1 saturated heterocycles. The van der Waals surface area contributed by atoms with Gasteiger partial charge in [-0.3, -0.25) is 0 Å². The maximum atomic E-state index is 11.1. The van der Waals surface area contributed by atoms with Gasteiger partial charge in [0.05, 0.1) is 25.5 Å². The van der Waals surface area contributed by atoms with Gasteiger partial charge in [-0.2, -0.15) is 4.98 Å². The molecule has 2 N–H and O–H groups in total. The highest BCUT2D eigenvalue weighted by molar-refractivity contribution is 5.74. The summed E-state index contributed by atoms with van der Waals surface area (Å²) in [6.07, 6.45) is 13.0. The van der Waals surface area contributed by atoms with Crippen LogP contribution in [0.1, 0.15) is 6.42 Å². The number of morpholine rings is 1. The van der Waals surface area contributed by atoms with Crippen LogP contribution >= 0.6 is 0 Å². The number of allylic oxidation sites excluding steroid dienone is 5. The number of H-pyrrole nitrogens is 2. The van der Waals surface area contributed by atoms with Crippen LogP contribution in [0.4, 0.5) is 5.95 Å². The summed E-state index contributed by atoms with van der Waals surface area (Å²) in [4.78, 5) is 29.7. The number of ether oxygens (including phenoxy) is 1. The van der Waals surface area contributed by atoms with Gasteiger partial charge in [-0.1, -0.05) is 30.4 Å². The Hall–Kier alpha value is -3.53. The molecule has 0 spiro atoms. The molecule has 10 heteroatoms. The summed E-state index contributed by atoms with van der Waals surface area (Å²) in [7, 11) is 0. The molecule has 10 nitrogen and oxygen atoms in total. The number of hydrogen-bond acceptors (Lipinski definition) is 8. The number of rotatable bonds is 3. The molecule has 4 heterocycles. The Morgan fingerprint density at radius 1 is 1.29 bits per heavy atom. The zero-order valence-corrected chi connectivity index (χ0v) is 14.8. The molecule has 1 aliphatic carbocycles. The van der Waals surface area contributed by atoms with E-state index in [0.717, 1.165) is 6.42 Å². The summed E-state index contributed by atoms with van der Waals surface area (Å²) in [6, 6.07) is 0.0669. The number of anilines is 1. The fourth-order valence-corrected chi connectivity index (χ4v) is 3.28. The van der Waals surface area contributed by atoms with Crippen LogP contribution in [0.3, 0.4) is 0 Å². The van der Waals surface area contributed by atoms with Gasteiger partial charge >= 0.3 is 5.76 Å². The van der Waals surface area contributed by atoms with Gasteiger partial charge in [0.15, 0.2) is 5.65 Å². The number of imidazole rings is 1. The van der Waals surface area contributed by atoms with Crippen molar-refractivity contribution in [2.24, 2.45) is 0 Å². The molecular weight excluding hydrogens is 362 g/mol. The zero-order chi connectivity index (χ0) is 18.9. The van der Waals surface area contributed by atoms with E-state index in [1.807, 2.05) is 12.2 Å². The quantitative estimate of drug-likeness (QED) is 0.698. The van der Waals surface area contributed by atoms with Crippen LogP contribution in [0.5, 0.6) is 0 Å². The van der Waals surface area contributed by atoms with E-state index in [9.17, 15) is 4.79 Å².